The predicted octanol–water partition coefficient (Wildman–Crippen LogP) is 4.54. The molecule has 1 aliphatic rings. The lowest BCUT2D eigenvalue weighted by molar-refractivity contribution is 0.0930. The lowest BCUT2D eigenvalue weighted by atomic mass is 10.1. The fourth-order valence-electron chi connectivity index (χ4n) is 5.33. The minimum absolute atomic E-state index is 0.126. The van der Waals surface area contributed by atoms with Gasteiger partial charge in [0.2, 0.25) is 5.89 Å². The van der Waals surface area contributed by atoms with Crippen LogP contribution in [0.5, 0.6) is 0 Å². The van der Waals surface area contributed by atoms with Crippen molar-refractivity contribution in [3.8, 4) is 28.7 Å². The molecule has 0 saturated heterocycles. The van der Waals surface area contributed by atoms with Gasteiger partial charge in [-0.3, -0.25) is 14.3 Å². The average Bonchev–Trinajstić information content (AvgIpc) is 3.69. The lowest BCUT2D eigenvalue weighted by Gasteiger charge is -2.16. The van der Waals surface area contributed by atoms with Gasteiger partial charge in [0.05, 0.1) is 23.0 Å². The number of hydrogen-bond donors (Lipinski definition) is 2. The van der Waals surface area contributed by atoms with E-state index in [0.29, 0.717) is 51.3 Å². The molecule has 0 unspecified atom stereocenters. The third-order valence-electron chi connectivity index (χ3n) is 7.29. The minimum atomic E-state index is -0.231. The van der Waals surface area contributed by atoms with Crippen molar-refractivity contribution in [2.24, 2.45) is 0 Å². The van der Waals surface area contributed by atoms with Gasteiger partial charge in [0, 0.05) is 24.3 Å². The monoisotopic (exact) mass is 543 g/mol. The second kappa shape index (κ2) is 9.63. The fourth-order valence-corrected chi connectivity index (χ4v) is 5.33. The van der Waals surface area contributed by atoms with Crippen molar-refractivity contribution in [2.75, 3.05) is 5.73 Å². The number of nitrogens with two attached hydrogens (primary N) is 1. The van der Waals surface area contributed by atoms with Crippen LogP contribution in [0.4, 0.5) is 5.82 Å². The summed E-state index contributed by atoms with van der Waals surface area (Å²) in [5.41, 5.74) is 13.7. The number of rotatable bonds is 5. The van der Waals surface area contributed by atoms with Crippen molar-refractivity contribution in [1.29, 1.82) is 0 Å². The smallest absolute Gasteiger partial charge is 0.272 e. The fraction of sp³-hybridized carbons (Fsp3) is 0.167. The first kappa shape index (κ1) is 24.6. The number of carbonyl (C=O) groups is 1. The molecule has 3 N–H and O–H groups in total. The zero-order valence-electron chi connectivity index (χ0n) is 22.4. The number of oxazole rings is 1. The number of fused-ring (bicyclic) bond motifs is 2. The summed E-state index contributed by atoms with van der Waals surface area (Å²) in [6.45, 7) is 3.65. The van der Waals surface area contributed by atoms with Crippen molar-refractivity contribution in [3.05, 3.63) is 95.5 Å². The third-order valence-corrected chi connectivity index (χ3v) is 7.29. The van der Waals surface area contributed by atoms with Gasteiger partial charge in [-0.05, 0) is 74.2 Å². The van der Waals surface area contributed by atoms with E-state index in [4.69, 9.17) is 20.1 Å². The highest BCUT2D eigenvalue weighted by atomic mass is 16.3. The number of aromatic nitrogens is 7. The van der Waals surface area contributed by atoms with Crippen molar-refractivity contribution in [2.45, 2.75) is 32.7 Å². The molecule has 0 fully saturated rings. The molecule has 5 heterocycles. The normalized spacial score (nSPS) is 14.3. The van der Waals surface area contributed by atoms with E-state index in [1.807, 2.05) is 41.8 Å². The summed E-state index contributed by atoms with van der Waals surface area (Å²) in [4.78, 5) is 39.9. The second-order valence-corrected chi connectivity index (χ2v) is 9.98. The first-order chi connectivity index (χ1) is 20.0. The molecule has 41 heavy (non-hydrogen) atoms. The van der Waals surface area contributed by atoms with Crippen molar-refractivity contribution < 1.29 is 9.21 Å². The molecule has 11 heteroatoms. The van der Waals surface area contributed by atoms with Gasteiger partial charge in [0.1, 0.15) is 29.0 Å². The van der Waals surface area contributed by atoms with E-state index in [0.717, 1.165) is 35.3 Å². The SMILES string of the molecule is Cc1coc(-c2ccc3nc(-c4cccnc4N)n(-c4ccc5c(c4)CC[C@@H]5NC(=O)c4nccnc4C)c3n2)n1. The van der Waals surface area contributed by atoms with Crippen molar-refractivity contribution in [3.63, 3.8) is 0 Å². The summed E-state index contributed by atoms with van der Waals surface area (Å²) >= 11 is 0. The maximum Gasteiger partial charge on any atom is 0.272 e. The summed E-state index contributed by atoms with van der Waals surface area (Å²) in [6.07, 6.45) is 7.94. The van der Waals surface area contributed by atoms with E-state index < -0.39 is 0 Å². The molecule has 5 aromatic heterocycles. The number of benzene rings is 1. The summed E-state index contributed by atoms with van der Waals surface area (Å²) in [5, 5.41) is 3.13. The molecule has 202 valence electrons. The van der Waals surface area contributed by atoms with Crippen molar-refractivity contribution >= 4 is 22.9 Å². The molecule has 0 saturated carbocycles. The lowest BCUT2D eigenvalue weighted by Crippen LogP contribution is -2.28. The molecule has 0 radical (unpaired) electrons. The Hall–Kier alpha value is -5.45. The number of hydrogen-bond acceptors (Lipinski definition) is 9. The van der Waals surface area contributed by atoms with Gasteiger partial charge in [-0.1, -0.05) is 6.07 Å². The number of amides is 1. The molecule has 1 aliphatic carbocycles. The Morgan fingerprint density at radius 1 is 1.02 bits per heavy atom. The maximum absolute atomic E-state index is 13.0. The Morgan fingerprint density at radius 3 is 2.71 bits per heavy atom. The van der Waals surface area contributed by atoms with Crippen LogP contribution in [0.1, 0.15) is 45.5 Å². The number of aryl methyl sites for hydroxylation is 3. The van der Waals surface area contributed by atoms with Gasteiger partial charge in [-0.25, -0.2) is 24.9 Å². The summed E-state index contributed by atoms with van der Waals surface area (Å²) < 4.78 is 7.61. The highest BCUT2D eigenvalue weighted by Crippen LogP contribution is 2.36. The molecule has 0 spiro atoms. The van der Waals surface area contributed by atoms with Crippen LogP contribution in [0.15, 0.2) is 71.7 Å². The summed E-state index contributed by atoms with van der Waals surface area (Å²) in [6, 6.07) is 13.5. The number of imidazole rings is 1. The number of nitrogens with one attached hydrogen (secondary N) is 1. The summed E-state index contributed by atoms with van der Waals surface area (Å²) in [5.74, 6) is 1.20. The Balaban J connectivity index is 1.32. The van der Waals surface area contributed by atoms with Gasteiger partial charge in [0.25, 0.3) is 5.91 Å². The number of anilines is 1. The molecule has 0 aliphatic heterocycles. The number of nitrogens with zero attached hydrogens (tertiary/aromatic N) is 7. The van der Waals surface area contributed by atoms with Gasteiger partial charge in [-0.2, -0.15) is 0 Å². The zero-order valence-corrected chi connectivity index (χ0v) is 22.4. The minimum Gasteiger partial charge on any atom is -0.443 e. The van der Waals surface area contributed by atoms with Crippen molar-refractivity contribution in [1.82, 2.24) is 39.8 Å². The van der Waals surface area contributed by atoms with Crippen LogP contribution in [-0.2, 0) is 6.42 Å². The molecule has 6 aromatic rings. The molecule has 1 amide bonds. The van der Waals surface area contributed by atoms with Crippen LogP contribution in [0.25, 0.3) is 39.8 Å². The highest BCUT2D eigenvalue weighted by molar-refractivity contribution is 5.93. The highest BCUT2D eigenvalue weighted by Gasteiger charge is 2.27. The van der Waals surface area contributed by atoms with Crippen LogP contribution in [-0.4, -0.2) is 40.4 Å². The second-order valence-electron chi connectivity index (χ2n) is 9.98. The van der Waals surface area contributed by atoms with Gasteiger partial charge in [-0.15, -0.1) is 0 Å². The van der Waals surface area contributed by atoms with E-state index >= 15 is 0 Å². The van der Waals surface area contributed by atoms with Crippen LogP contribution >= 0.6 is 0 Å². The Morgan fingerprint density at radius 2 is 1.90 bits per heavy atom. The first-order valence-corrected chi connectivity index (χ1v) is 13.2. The number of carbonyl (C=O) groups excluding carboxylic acids is 1. The number of pyridine rings is 2. The molecule has 0 bridgehead atoms. The Labute approximate surface area is 234 Å². The zero-order chi connectivity index (χ0) is 28.1. The average molecular weight is 544 g/mol. The molecular weight excluding hydrogens is 518 g/mol. The number of nitrogen functional groups attached to an aromatic ring is 1. The van der Waals surface area contributed by atoms with Crippen LogP contribution < -0.4 is 11.1 Å². The van der Waals surface area contributed by atoms with Crippen LogP contribution in [0.2, 0.25) is 0 Å². The van der Waals surface area contributed by atoms with Crippen LogP contribution in [0, 0.1) is 13.8 Å². The standard InChI is InChI=1S/C30H25N9O2/c1-16-15-41-30(35-16)24-10-9-23-28(37-24)39(27(36-23)21-4-3-11-34-26(21)31)19-6-7-20-18(14-19)5-8-22(20)38-29(40)25-17(2)32-12-13-33-25/h3-4,6-7,9-15,22H,5,8H2,1-2H3,(H2,31,34)(H,38,40)/t22-/m0/s1. The van der Waals surface area contributed by atoms with E-state index in [1.165, 1.54) is 6.20 Å². The van der Waals surface area contributed by atoms with E-state index in [9.17, 15) is 4.79 Å². The Kier molecular flexibility index (Phi) is 5.77. The van der Waals surface area contributed by atoms with Crippen LogP contribution in [0.3, 0.4) is 0 Å². The quantitative estimate of drug-likeness (QED) is 0.319. The van der Waals surface area contributed by atoms with E-state index in [2.05, 4.69) is 37.4 Å². The van der Waals surface area contributed by atoms with Gasteiger partial charge in [0.15, 0.2) is 11.5 Å². The molecule has 1 aromatic carbocycles. The van der Waals surface area contributed by atoms with E-state index in [-0.39, 0.29) is 11.9 Å². The predicted molar refractivity (Wildman–Crippen MR) is 152 cm³/mol. The van der Waals surface area contributed by atoms with Gasteiger partial charge >= 0.3 is 0 Å². The molecule has 7 rings (SSSR count). The van der Waals surface area contributed by atoms with E-state index in [1.54, 1.807) is 25.6 Å². The maximum atomic E-state index is 13.0. The first-order valence-electron chi connectivity index (χ1n) is 13.2. The summed E-state index contributed by atoms with van der Waals surface area (Å²) in [7, 11) is 0. The third kappa shape index (κ3) is 4.27. The Bertz CT molecular complexity index is 1960. The topological polar surface area (TPSA) is 151 Å². The van der Waals surface area contributed by atoms with Gasteiger partial charge < -0.3 is 15.5 Å². The molecular formula is C30H25N9O2. The molecule has 11 nitrogen and oxygen atoms in total. The largest absolute Gasteiger partial charge is 0.443 e. The molecule has 1 atom stereocenters.